The van der Waals surface area contributed by atoms with E-state index in [1.807, 2.05) is 20.8 Å². The molecule has 2 fully saturated rings. The number of piperidine rings is 1. The highest BCUT2D eigenvalue weighted by Gasteiger charge is 2.38. The number of rotatable bonds is 5. The lowest BCUT2D eigenvalue weighted by Crippen LogP contribution is -2.48. The molecule has 1 aromatic rings. The molecule has 2 N–H and O–H groups in total. The molecular weight excluding hydrogens is 378 g/mol. The molecule has 2 unspecified atom stereocenters. The Kier molecular flexibility index (Phi) is 5.88. The van der Waals surface area contributed by atoms with Crippen molar-refractivity contribution in [3.8, 4) is 5.75 Å². The molecular formula is C20H29N3O6. The number of likely N-dealkylation sites (tertiary alicyclic amines) is 1. The minimum absolute atomic E-state index is 0.0524. The van der Waals surface area contributed by atoms with Gasteiger partial charge in [-0.1, -0.05) is 0 Å². The van der Waals surface area contributed by atoms with Gasteiger partial charge in [-0.05, 0) is 46.1 Å². The van der Waals surface area contributed by atoms with E-state index in [0.29, 0.717) is 24.3 Å². The first-order valence-corrected chi connectivity index (χ1v) is 9.84. The fourth-order valence-corrected chi connectivity index (χ4v) is 3.53. The molecule has 160 valence electrons. The fraction of sp³-hybridized carbons (Fsp3) is 0.650. The van der Waals surface area contributed by atoms with Gasteiger partial charge in [0.05, 0.1) is 29.4 Å². The Bertz CT molecular complexity index is 787. The van der Waals surface area contributed by atoms with E-state index >= 15 is 0 Å². The standard InChI is InChI=1S/C20H29N3O6/c1-20(2,3)29-19(24)22-8-7-13(18(11-22)27-4)14-9-17(28-12-5-6-12)15(21)10-16(14)23(25)26/h9-10,12-13,18H,5-8,11,21H2,1-4H3. The second-order valence-electron chi connectivity index (χ2n) is 8.62. The van der Waals surface area contributed by atoms with Crippen LogP contribution in [0, 0.1) is 10.1 Å². The van der Waals surface area contributed by atoms with Gasteiger partial charge in [0.2, 0.25) is 0 Å². The largest absolute Gasteiger partial charge is 0.488 e. The van der Waals surface area contributed by atoms with Crippen molar-refractivity contribution in [3.63, 3.8) is 0 Å². The van der Waals surface area contributed by atoms with Crippen LogP contribution in [0.1, 0.15) is 51.5 Å². The second-order valence-corrected chi connectivity index (χ2v) is 8.62. The third-order valence-electron chi connectivity index (χ3n) is 5.09. The number of hydrogen-bond donors (Lipinski definition) is 1. The lowest BCUT2D eigenvalue weighted by atomic mass is 9.85. The third kappa shape index (κ3) is 5.09. The molecule has 0 radical (unpaired) electrons. The Hall–Kier alpha value is -2.55. The summed E-state index contributed by atoms with van der Waals surface area (Å²) in [5.74, 6) is 0.207. The van der Waals surface area contributed by atoms with Crippen LogP contribution in [0.3, 0.4) is 0 Å². The molecule has 1 saturated carbocycles. The number of benzene rings is 1. The molecule has 1 saturated heterocycles. The maximum Gasteiger partial charge on any atom is 0.410 e. The second kappa shape index (κ2) is 8.06. The number of nitro benzene ring substituents is 1. The van der Waals surface area contributed by atoms with E-state index in [-0.39, 0.29) is 29.9 Å². The zero-order valence-corrected chi connectivity index (χ0v) is 17.3. The number of ether oxygens (including phenoxy) is 3. The summed E-state index contributed by atoms with van der Waals surface area (Å²) in [4.78, 5) is 25.2. The molecule has 2 atom stereocenters. The molecule has 0 aromatic heterocycles. The first-order chi connectivity index (χ1) is 13.6. The molecule has 3 rings (SSSR count). The van der Waals surface area contributed by atoms with E-state index in [2.05, 4.69) is 0 Å². The lowest BCUT2D eigenvalue weighted by molar-refractivity contribution is -0.385. The van der Waals surface area contributed by atoms with E-state index in [0.717, 1.165) is 12.8 Å². The Balaban J connectivity index is 1.85. The summed E-state index contributed by atoms with van der Waals surface area (Å²) >= 11 is 0. The zero-order valence-electron chi connectivity index (χ0n) is 17.3. The molecule has 1 aliphatic carbocycles. The lowest BCUT2D eigenvalue weighted by Gasteiger charge is -2.38. The van der Waals surface area contributed by atoms with Gasteiger partial charge in [-0.15, -0.1) is 0 Å². The first kappa shape index (κ1) is 21.2. The van der Waals surface area contributed by atoms with E-state index in [4.69, 9.17) is 19.9 Å². The van der Waals surface area contributed by atoms with Gasteiger partial charge in [-0.2, -0.15) is 0 Å². The topological polar surface area (TPSA) is 117 Å². The van der Waals surface area contributed by atoms with Crippen molar-refractivity contribution in [2.75, 3.05) is 25.9 Å². The van der Waals surface area contributed by atoms with Gasteiger partial charge in [-0.25, -0.2) is 4.79 Å². The van der Waals surface area contributed by atoms with Gasteiger partial charge >= 0.3 is 6.09 Å². The molecule has 9 heteroatoms. The summed E-state index contributed by atoms with van der Waals surface area (Å²) < 4.78 is 16.9. The number of anilines is 1. The van der Waals surface area contributed by atoms with Crippen LogP contribution in [0.25, 0.3) is 0 Å². The minimum Gasteiger partial charge on any atom is -0.488 e. The van der Waals surface area contributed by atoms with Gasteiger partial charge in [0.25, 0.3) is 5.69 Å². The molecule has 1 heterocycles. The van der Waals surface area contributed by atoms with Gasteiger partial charge in [0.15, 0.2) is 0 Å². The van der Waals surface area contributed by atoms with Gasteiger partial charge in [0.1, 0.15) is 11.4 Å². The molecule has 1 amide bonds. The van der Waals surface area contributed by atoms with Crippen molar-refractivity contribution >= 4 is 17.5 Å². The molecule has 0 bridgehead atoms. The van der Waals surface area contributed by atoms with Gasteiger partial charge in [0, 0.05) is 31.2 Å². The predicted octanol–water partition coefficient (Wildman–Crippen LogP) is 3.46. The monoisotopic (exact) mass is 407 g/mol. The smallest absolute Gasteiger partial charge is 0.410 e. The van der Waals surface area contributed by atoms with E-state index < -0.39 is 22.7 Å². The molecule has 9 nitrogen and oxygen atoms in total. The summed E-state index contributed by atoms with van der Waals surface area (Å²) in [5.41, 5.74) is 6.12. The third-order valence-corrected chi connectivity index (χ3v) is 5.09. The van der Waals surface area contributed by atoms with Crippen molar-refractivity contribution in [3.05, 3.63) is 27.8 Å². The summed E-state index contributed by atoms with van der Waals surface area (Å²) in [6.07, 6.45) is 1.72. The number of hydrogen-bond acceptors (Lipinski definition) is 7. The Morgan fingerprint density at radius 3 is 2.52 bits per heavy atom. The van der Waals surface area contributed by atoms with Crippen LogP contribution < -0.4 is 10.5 Å². The van der Waals surface area contributed by atoms with E-state index in [9.17, 15) is 14.9 Å². The molecule has 2 aliphatic rings. The van der Waals surface area contributed by atoms with Crippen LogP contribution in [0.2, 0.25) is 0 Å². The van der Waals surface area contributed by atoms with Crippen LogP contribution >= 0.6 is 0 Å². The maximum absolute atomic E-state index is 12.4. The Morgan fingerprint density at radius 2 is 1.97 bits per heavy atom. The summed E-state index contributed by atoms with van der Waals surface area (Å²) in [6.45, 7) is 6.13. The van der Waals surface area contributed by atoms with E-state index in [1.165, 1.54) is 6.07 Å². The SMILES string of the molecule is COC1CN(C(=O)OC(C)(C)C)CCC1c1cc(OC2CC2)c(N)cc1[N+](=O)[O-]. The van der Waals surface area contributed by atoms with Gasteiger partial charge in [-0.3, -0.25) is 10.1 Å². The van der Waals surface area contributed by atoms with Crippen LogP contribution in [-0.4, -0.2) is 53.9 Å². The predicted molar refractivity (Wildman–Crippen MR) is 107 cm³/mol. The number of carbonyl (C=O) groups is 1. The zero-order chi connectivity index (χ0) is 21.3. The van der Waals surface area contributed by atoms with Crippen LogP contribution in [0.5, 0.6) is 5.75 Å². The first-order valence-electron chi connectivity index (χ1n) is 9.84. The highest BCUT2D eigenvalue weighted by molar-refractivity contribution is 5.68. The van der Waals surface area contributed by atoms with Crippen LogP contribution in [0.15, 0.2) is 12.1 Å². The number of nitro groups is 1. The van der Waals surface area contributed by atoms with Crippen molar-refractivity contribution < 1.29 is 23.9 Å². The quantitative estimate of drug-likeness (QED) is 0.451. The summed E-state index contributed by atoms with van der Waals surface area (Å²) in [5, 5.41) is 11.7. The number of carbonyl (C=O) groups excluding carboxylic acids is 1. The highest BCUT2D eigenvalue weighted by atomic mass is 16.6. The molecule has 29 heavy (non-hydrogen) atoms. The number of nitrogens with zero attached hydrogens (tertiary/aromatic N) is 2. The average Bonchev–Trinajstić information content (AvgIpc) is 3.45. The van der Waals surface area contributed by atoms with Crippen molar-refractivity contribution in [1.29, 1.82) is 0 Å². The Labute approximate surface area is 170 Å². The molecule has 1 aromatic carbocycles. The van der Waals surface area contributed by atoms with Crippen LogP contribution in [0.4, 0.5) is 16.2 Å². The molecule has 1 aliphatic heterocycles. The number of methoxy groups -OCH3 is 1. The maximum atomic E-state index is 12.4. The summed E-state index contributed by atoms with van der Waals surface area (Å²) in [7, 11) is 1.54. The van der Waals surface area contributed by atoms with Crippen LogP contribution in [-0.2, 0) is 9.47 Å². The number of nitrogen functional groups attached to an aromatic ring is 1. The van der Waals surface area contributed by atoms with Crippen molar-refractivity contribution in [2.45, 2.75) is 63.8 Å². The molecule has 0 spiro atoms. The fourth-order valence-electron chi connectivity index (χ4n) is 3.53. The number of nitrogens with two attached hydrogens (primary N) is 1. The average molecular weight is 407 g/mol. The Morgan fingerprint density at radius 1 is 1.28 bits per heavy atom. The summed E-state index contributed by atoms with van der Waals surface area (Å²) in [6, 6.07) is 3.03. The highest BCUT2D eigenvalue weighted by Crippen LogP contribution is 2.42. The minimum atomic E-state index is -0.596. The normalized spacial score (nSPS) is 22.3. The van der Waals surface area contributed by atoms with Crippen molar-refractivity contribution in [1.82, 2.24) is 4.90 Å². The number of amides is 1. The van der Waals surface area contributed by atoms with Gasteiger partial charge < -0.3 is 24.8 Å². The van der Waals surface area contributed by atoms with E-state index in [1.54, 1.807) is 18.1 Å². The van der Waals surface area contributed by atoms with Crippen molar-refractivity contribution in [2.24, 2.45) is 0 Å².